The van der Waals surface area contributed by atoms with Gasteiger partial charge in [-0.2, -0.15) is 0 Å². The standard InChI is InChI=1S/C11H16BO2/c1-3-4-5-10-6-8-11(9-7-10)12(13)14-2/h6-9H,3-5H2,1-2H3/q-1. The van der Waals surface area contributed by atoms with Crippen LogP contribution in [0.1, 0.15) is 25.3 Å². The van der Waals surface area contributed by atoms with Crippen molar-refractivity contribution in [1.82, 2.24) is 0 Å². The molecule has 0 saturated heterocycles. The minimum Gasteiger partial charge on any atom is -0.853 e. The molecule has 0 unspecified atom stereocenters. The molecule has 3 heteroatoms. The predicted octanol–water partition coefficient (Wildman–Crippen LogP) is 0.731. The van der Waals surface area contributed by atoms with E-state index in [4.69, 9.17) is 4.65 Å². The third kappa shape index (κ3) is 3.16. The Balaban J connectivity index is 2.59. The lowest BCUT2D eigenvalue weighted by Crippen LogP contribution is -2.45. The van der Waals surface area contributed by atoms with Crippen molar-refractivity contribution in [2.45, 2.75) is 26.2 Å². The van der Waals surface area contributed by atoms with Crippen LogP contribution >= 0.6 is 0 Å². The minimum atomic E-state index is -1.05. The Morgan fingerprint density at radius 1 is 1.29 bits per heavy atom. The van der Waals surface area contributed by atoms with Crippen LogP contribution in [0.15, 0.2) is 24.3 Å². The summed E-state index contributed by atoms with van der Waals surface area (Å²) < 4.78 is 4.70. The van der Waals surface area contributed by atoms with Gasteiger partial charge in [-0.15, -0.1) is 0 Å². The molecule has 1 rings (SSSR count). The van der Waals surface area contributed by atoms with Crippen molar-refractivity contribution in [2.24, 2.45) is 0 Å². The molecule has 0 heterocycles. The van der Waals surface area contributed by atoms with E-state index in [1.54, 1.807) is 0 Å². The van der Waals surface area contributed by atoms with Crippen LogP contribution in [0.4, 0.5) is 0 Å². The molecule has 1 aromatic rings. The first-order valence-corrected chi connectivity index (χ1v) is 5.05. The lowest BCUT2D eigenvalue weighted by molar-refractivity contribution is -0.214. The third-order valence-electron chi connectivity index (χ3n) is 2.28. The van der Waals surface area contributed by atoms with E-state index in [9.17, 15) is 5.02 Å². The zero-order valence-corrected chi connectivity index (χ0v) is 8.82. The van der Waals surface area contributed by atoms with Crippen molar-refractivity contribution in [1.29, 1.82) is 0 Å². The Bertz CT molecular complexity index is 258. The van der Waals surface area contributed by atoms with Gasteiger partial charge in [0.1, 0.15) is 0 Å². The van der Waals surface area contributed by atoms with Crippen molar-refractivity contribution < 1.29 is 9.68 Å². The molecule has 0 fully saturated rings. The molecule has 0 amide bonds. The van der Waals surface area contributed by atoms with Crippen LogP contribution in [-0.2, 0) is 11.1 Å². The van der Waals surface area contributed by atoms with Gasteiger partial charge in [-0.25, -0.2) is 0 Å². The molecule has 0 bridgehead atoms. The fourth-order valence-electron chi connectivity index (χ4n) is 1.36. The molecule has 0 aliphatic heterocycles. The van der Waals surface area contributed by atoms with Crippen LogP contribution < -0.4 is 10.5 Å². The highest BCUT2D eigenvalue weighted by molar-refractivity contribution is 6.58. The largest absolute Gasteiger partial charge is 0.853 e. The summed E-state index contributed by atoms with van der Waals surface area (Å²) in [5.74, 6) is 0. The highest BCUT2D eigenvalue weighted by atomic mass is 16.5. The van der Waals surface area contributed by atoms with E-state index in [-0.39, 0.29) is 0 Å². The molecule has 0 N–H and O–H groups in total. The Hall–Kier alpha value is -0.795. The summed E-state index contributed by atoms with van der Waals surface area (Å²) in [6.45, 7) is 2.17. The van der Waals surface area contributed by atoms with Crippen LogP contribution in [-0.4, -0.2) is 14.2 Å². The fourth-order valence-corrected chi connectivity index (χ4v) is 1.36. The summed E-state index contributed by atoms with van der Waals surface area (Å²) in [5.41, 5.74) is 1.99. The molecule has 1 aromatic carbocycles. The average Bonchev–Trinajstić information content (AvgIpc) is 2.26. The Morgan fingerprint density at radius 3 is 2.43 bits per heavy atom. The van der Waals surface area contributed by atoms with Gasteiger partial charge in [0.2, 0.25) is 7.12 Å². The fraction of sp³-hybridized carbons (Fsp3) is 0.455. The molecule has 0 aliphatic rings. The number of rotatable bonds is 5. The van der Waals surface area contributed by atoms with Crippen LogP contribution in [0.2, 0.25) is 0 Å². The van der Waals surface area contributed by atoms with Crippen LogP contribution in [0.3, 0.4) is 0 Å². The maximum Gasteiger partial charge on any atom is 0.217 e. The number of unbranched alkanes of at least 4 members (excludes halogenated alkanes) is 1. The maximum atomic E-state index is 11.2. The van der Waals surface area contributed by atoms with Crippen molar-refractivity contribution >= 4 is 12.6 Å². The monoisotopic (exact) mass is 191 g/mol. The molecule has 0 spiro atoms. The summed E-state index contributed by atoms with van der Waals surface area (Å²) >= 11 is 0. The molecule has 0 radical (unpaired) electrons. The van der Waals surface area contributed by atoms with E-state index in [1.807, 2.05) is 24.3 Å². The molecular formula is C11H16BO2-. The second kappa shape index (κ2) is 5.84. The molecule has 14 heavy (non-hydrogen) atoms. The lowest BCUT2D eigenvalue weighted by Gasteiger charge is -2.16. The number of benzene rings is 1. The predicted molar refractivity (Wildman–Crippen MR) is 57.5 cm³/mol. The molecule has 0 saturated carbocycles. The highest BCUT2D eigenvalue weighted by Crippen LogP contribution is 2.03. The van der Waals surface area contributed by atoms with Crippen molar-refractivity contribution in [2.75, 3.05) is 7.11 Å². The van der Waals surface area contributed by atoms with Gasteiger partial charge in [0.15, 0.2) is 0 Å². The van der Waals surface area contributed by atoms with Crippen LogP contribution in [0.5, 0.6) is 0 Å². The lowest BCUT2D eigenvalue weighted by atomic mass is 9.79. The SMILES string of the molecule is CCCCc1ccc(B([O-])OC)cc1. The first-order chi connectivity index (χ1) is 6.77. The summed E-state index contributed by atoms with van der Waals surface area (Å²) in [7, 11) is 0.387. The van der Waals surface area contributed by atoms with E-state index in [0.29, 0.717) is 5.46 Å². The number of aryl methyl sites for hydroxylation is 1. The Kier molecular flexibility index (Phi) is 4.70. The molecule has 2 nitrogen and oxygen atoms in total. The number of hydrogen-bond donors (Lipinski definition) is 0. The van der Waals surface area contributed by atoms with Gasteiger partial charge in [0, 0.05) is 7.11 Å². The molecule has 0 aliphatic carbocycles. The van der Waals surface area contributed by atoms with E-state index in [0.717, 1.165) is 6.42 Å². The van der Waals surface area contributed by atoms with E-state index >= 15 is 0 Å². The van der Waals surface area contributed by atoms with Gasteiger partial charge >= 0.3 is 0 Å². The molecule has 76 valence electrons. The third-order valence-corrected chi connectivity index (χ3v) is 2.28. The van der Waals surface area contributed by atoms with Crippen molar-refractivity contribution in [3.05, 3.63) is 29.8 Å². The van der Waals surface area contributed by atoms with Gasteiger partial charge in [-0.1, -0.05) is 43.1 Å². The smallest absolute Gasteiger partial charge is 0.217 e. The van der Waals surface area contributed by atoms with Gasteiger partial charge in [0.05, 0.1) is 0 Å². The summed E-state index contributed by atoms with van der Waals surface area (Å²) in [6.07, 6.45) is 3.49. The van der Waals surface area contributed by atoms with Crippen molar-refractivity contribution in [3.8, 4) is 0 Å². The summed E-state index contributed by atoms with van der Waals surface area (Å²) in [6, 6.07) is 7.72. The van der Waals surface area contributed by atoms with E-state index in [2.05, 4.69) is 6.92 Å². The number of hydrogen-bond acceptors (Lipinski definition) is 2. The summed E-state index contributed by atoms with van der Waals surface area (Å²) in [4.78, 5) is 0. The second-order valence-electron chi connectivity index (χ2n) is 3.41. The maximum absolute atomic E-state index is 11.2. The topological polar surface area (TPSA) is 32.3 Å². The molecule has 0 atom stereocenters. The molecule has 0 aromatic heterocycles. The highest BCUT2D eigenvalue weighted by Gasteiger charge is 2.00. The summed E-state index contributed by atoms with van der Waals surface area (Å²) in [5, 5.41) is 11.2. The second-order valence-corrected chi connectivity index (χ2v) is 3.41. The average molecular weight is 191 g/mol. The minimum absolute atomic E-state index is 0.702. The van der Waals surface area contributed by atoms with Crippen LogP contribution in [0.25, 0.3) is 0 Å². The Labute approximate surface area is 86.1 Å². The normalized spacial score (nSPS) is 10.2. The van der Waals surface area contributed by atoms with Gasteiger partial charge in [0.25, 0.3) is 0 Å². The quantitative estimate of drug-likeness (QED) is 0.642. The van der Waals surface area contributed by atoms with Gasteiger partial charge in [-0.3, -0.25) is 0 Å². The van der Waals surface area contributed by atoms with E-state index < -0.39 is 7.12 Å². The van der Waals surface area contributed by atoms with Crippen molar-refractivity contribution in [3.63, 3.8) is 0 Å². The zero-order chi connectivity index (χ0) is 10.4. The first-order valence-electron chi connectivity index (χ1n) is 5.05. The van der Waals surface area contributed by atoms with Gasteiger partial charge < -0.3 is 9.68 Å². The Morgan fingerprint density at radius 2 is 1.93 bits per heavy atom. The molecular weight excluding hydrogens is 175 g/mol. The van der Waals surface area contributed by atoms with E-state index in [1.165, 1.54) is 25.5 Å². The van der Waals surface area contributed by atoms with Gasteiger partial charge in [-0.05, 0) is 18.4 Å². The zero-order valence-electron chi connectivity index (χ0n) is 8.82. The first kappa shape index (κ1) is 11.3. The van der Waals surface area contributed by atoms with Crippen LogP contribution in [0, 0.1) is 0 Å².